The molecule has 0 saturated carbocycles. The van der Waals surface area contributed by atoms with Crippen LogP contribution in [0, 0.1) is 12.3 Å². The van der Waals surface area contributed by atoms with E-state index in [0.717, 1.165) is 48.8 Å². The standard InChI is InChI=1S/C23H26ClN7S/c1-13-21(30-20(27)22(29-13)32-16-6-9-28-19(26)17(16)24)31-10-7-23(8-11-31)12-14-4-2-3-5-15(14)18(23)25/h2-6,9,18H,7-8,10-12,25H2,1H3,(H2,26,28)(H2,27,30)/t18-/m1/s1. The van der Waals surface area contributed by atoms with Crippen molar-refractivity contribution in [1.29, 1.82) is 0 Å². The summed E-state index contributed by atoms with van der Waals surface area (Å²) in [7, 11) is 0. The summed E-state index contributed by atoms with van der Waals surface area (Å²) in [6.45, 7) is 3.74. The maximum absolute atomic E-state index is 6.72. The lowest BCUT2D eigenvalue weighted by Gasteiger charge is -2.42. The molecule has 1 atom stereocenters. The first-order chi connectivity index (χ1) is 15.4. The third-order valence-corrected chi connectivity index (χ3v) is 8.34. The van der Waals surface area contributed by atoms with Gasteiger partial charge >= 0.3 is 0 Å². The Hall–Kier alpha value is -2.55. The fourth-order valence-electron chi connectivity index (χ4n) is 4.97. The second-order valence-corrected chi connectivity index (χ2v) is 10.0. The van der Waals surface area contributed by atoms with E-state index < -0.39 is 0 Å². The lowest BCUT2D eigenvalue weighted by atomic mass is 9.73. The van der Waals surface area contributed by atoms with Crippen LogP contribution < -0.4 is 22.1 Å². The maximum atomic E-state index is 6.72. The molecule has 0 amide bonds. The summed E-state index contributed by atoms with van der Waals surface area (Å²) in [5.41, 5.74) is 22.5. The van der Waals surface area contributed by atoms with Gasteiger partial charge in [-0.1, -0.05) is 47.6 Å². The summed E-state index contributed by atoms with van der Waals surface area (Å²) < 4.78 is 0. The van der Waals surface area contributed by atoms with Crippen LogP contribution in [0.3, 0.4) is 0 Å². The molecule has 1 aliphatic heterocycles. The number of hydrogen-bond acceptors (Lipinski definition) is 8. The molecule has 2 aromatic heterocycles. The zero-order valence-corrected chi connectivity index (χ0v) is 19.5. The van der Waals surface area contributed by atoms with Crippen molar-refractivity contribution in [3.63, 3.8) is 0 Å². The third kappa shape index (κ3) is 3.56. The molecule has 3 heterocycles. The van der Waals surface area contributed by atoms with Crippen LogP contribution in [0.1, 0.15) is 35.7 Å². The molecule has 0 radical (unpaired) electrons. The molecule has 2 aliphatic rings. The quantitative estimate of drug-likeness (QED) is 0.528. The smallest absolute Gasteiger partial charge is 0.158 e. The van der Waals surface area contributed by atoms with E-state index in [9.17, 15) is 0 Å². The van der Waals surface area contributed by atoms with Gasteiger partial charge in [0.25, 0.3) is 0 Å². The second-order valence-electron chi connectivity index (χ2n) is 8.64. The number of fused-ring (bicyclic) bond motifs is 1. The summed E-state index contributed by atoms with van der Waals surface area (Å²) in [6.07, 6.45) is 4.71. The molecule has 7 nitrogen and oxygen atoms in total. The van der Waals surface area contributed by atoms with Crippen molar-refractivity contribution in [2.45, 2.75) is 42.1 Å². The van der Waals surface area contributed by atoms with Gasteiger partial charge in [0.15, 0.2) is 11.6 Å². The van der Waals surface area contributed by atoms with Crippen LogP contribution in [0.4, 0.5) is 17.5 Å². The van der Waals surface area contributed by atoms with E-state index in [2.05, 4.69) is 34.1 Å². The van der Waals surface area contributed by atoms with E-state index in [1.54, 1.807) is 12.3 Å². The SMILES string of the molecule is Cc1nc(Sc2ccnc(N)c2Cl)c(N)nc1N1CCC2(CC1)Cc1ccccc1[C@H]2N. The molecule has 1 aromatic carbocycles. The molecule has 6 N–H and O–H groups in total. The minimum absolute atomic E-state index is 0.0921. The molecular formula is C23H26ClN7S. The topological polar surface area (TPSA) is 120 Å². The Morgan fingerprint density at radius 3 is 2.59 bits per heavy atom. The Bertz CT molecular complexity index is 1180. The fraction of sp³-hybridized carbons (Fsp3) is 0.348. The number of hydrogen-bond donors (Lipinski definition) is 3. The van der Waals surface area contributed by atoms with Crippen LogP contribution in [0.2, 0.25) is 5.02 Å². The Morgan fingerprint density at radius 2 is 1.84 bits per heavy atom. The van der Waals surface area contributed by atoms with Crippen LogP contribution >= 0.6 is 23.4 Å². The number of nitrogens with two attached hydrogens (primary N) is 3. The van der Waals surface area contributed by atoms with Crippen LogP contribution in [0.5, 0.6) is 0 Å². The molecule has 3 aromatic rings. The van der Waals surface area contributed by atoms with Gasteiger partial charge in [0.05, 0.1) is 10.7 Å². The summed E-state index contributed by atoms with van der Waals surface area (Å²) in [5.74, 6) is 1.50. The number of halogens is 1. The van der Waals surface area contributed by atoms with Crippen molar-refractivity contribution in [3.05, 3.63) is 58.4 Å². The van der Waals surface area contributed by atoms with E-state index in [1.165, 1.54) is 22.9 Å². The Kier molecular flexibility index (Phi) is 5.39. The molecule has 1 saturated heterocycles. The lowest BCUT2D eigenvalue weighted by Crippen LogP contribution is -2.45. The summed E-state index contributed by atoms with van der Waals surface area (Å²) in [4.78, 5) is 16.5. The average Bonchev–Trinajstić information content (AvgIpc) is 3.06. The van der Waals surface area contributed by atoms with Crippen molar-refractivity contribution in [1.82, 2.24) is 15.0 Å². The highest BCUT2D eigenvalue weighted by Crippen LogP contribution is 2.51. The summed E-state index contributed by atoms with van der Waals surface area (Å²) in [6, 6.07) is 10.5. The monoisotopic (exact) mass is 467 g/mol. The van der Waals surface area contributed by atoms with Gasteiger partial charge in [-0.25, -0.2) is 15.0 Å². The molecule has 1 aliphatic carbocycles. The number of pyridine rings is 1. The van der Waals surface area contributed by atoms with Crippen LogP contribution in [-0.2, 0) is 6.42 Å². The minimum Gasteiger partial charge on any atom is -0.382 e. The molecule has 0 unspecified atom stereocenters. The molecule has 9 heteroatoms. The number of nitrogen functional groups attached to an aromatic ring is 2. The Balaban J connectivity index is 1.34. The predicted molar refractivity (Wildman–Crippen MR) is 130 cm³/mol. The van der Waals surface area contributed by atoms with Gasteiger partial charge in [0.2, 0.25) is 0 Å². The lowest BCUT2D eigenvalue weighted by molar-refractivity contribution is 0.187. The molecule has 1 spiro atoms. The van der Waals surface area contributed by atoms with Crippen molar-refractivity contribution >= 4 is 40.8 Å². The third-order valence-electron chi connectivity index (χ3n) is 6.78. The number of anilines is 3. The van der Waals surface area contributed by atoms with Gasteiger partial charge < -0.3 is 22.1 Å². The number of benzene rings is 1. The van der Waals surface area contributed by atoms with Gasteiger partial charge in [-0.05, 0) is 48.8 Å². The highest BCUT2D eigenvalue weighted by Gasteiger charge is 2.46. The zero-order chi connectivity index (χ0) is 22.5. The van der Waals surface area contributed by atoms with Crippen LogP contribution in [0.15, 0.2) is 46.5 Å². The molecule has 1 fully saturated rings. The first-order valence-electron chi connectivity index (χ1n) is 10.7. The van der Waals surface area contributed by atoms with Crippen LogP contribution in [-0.4, -0.2) is 28.0 Å². The predicted octanol–water partition coefficient (Wildman–Crippen LogP) is 3.99. The van der Waals surface area contributed by atoms with Crippen molar-refractivity contribution in [2.75, 3.05) is 29.5 Å². The number of nitrogens with zero attached hydrogens (tertiary/aromatic N) is 4. The number of aryl methyl sites for hydroxylation is 1. The largest absolute Gasteiger partial charge is 0.382 e. The normalized spacial score (nSPS) is 19.3. The average molecular weight is 468 g/mol. The number of aromatic nitrogens is 3. The van der Waals surface area contributed by atoms with E-state index in [1.807, 2.05) is 6.92 Å². The van der Waals surface area contributed by atoms with Gasteiger partial charge in [-0.3, -0.25) is 0 Å². The summed E-state index contributed by atoms with van der Waals surface area (Å²) >= 11 is 7.62. The van der Waals surface area contributed by atoms with Crippen molar-refractivity contribution in [3.8, 4) is 0 Å². The van der Waals surface area contributed by atoms with E-state index in [0.29, 0.717) is 15.9 Å². The highest BCUT2D eigenvalue weighted by atomic mass is 35.5. The van der Waals surface area contributed by atoms with Crippen LogP contribution in [0.25, 0.3) is 0 Å². The van der Waals surface area contributed by atoms with E-state index in [-0.39, 0.29) is 17.3 Å². The van der Waals surface area contributed by atoms with Crippen molar-refractivity contribution < 1.29 is 0 Å². The second kappa shape index (κ2) is 8.10. The number of rotatable bonds is 3. The fourth-order valence-corrected chi connectivity index (χ4v) is 6.06. The molecule has 0 bridgehead atoms. The maximum Gasteiger partial charge on any atom is 0.158 e. The zero-order valence-electron chi connectivity index (χ0n) is 17.9. The van der Waals surface area contributed by atoms with Gasteiger partial charge in [-0.2, -0.15) is 0 Å². The minimum atomic E-state index is 0.0921. The van der Waals surface area contributed by atoms with Gasteiger partial charge in [0, 0.05) is 30.2 Å². The van der Waals surface area contributed by atoms with Gasteiger partial charge in [-0.15, -0.1) is 0 Å². The Labute approximate surface area is 196 Å². The first-order valence-corrected chi connectivity index (χ1v) is 11.9. The Morgan fingerprint density at radius 1 is 1.09 bits per heavy atom. The first kappa shape index (κ1) is 21.3. The summed E-state index contributed by atoms with van der Waals surface area (Å²) in [5, 5.41) is 1.01. The molecule has 5 rings (SSSR count). The van der Waals surface area contributed by atoms with E-state index >= 15 is 0 Å². The number of piperidine rings is 1. The van der Waals surface area contributed by atoms with E-state index in [4.69, 9.17) is 38.8 Å². The highest BCUT2D eigenvalue weighted by molar-refractivity contribution is 7.99. The molecule has 166 valence electrons. The molecular weight excluding hydrogens is 442 g/mol. The van der Waals surface area contributed by atoms with Gasteiger partial charge in [0.1, 0.15) is 10.8 Å². The molecule has 32 heavy (non-hydrogen) atoms. The van der Waals surface area contributed by atoms with Crippen molar-refractivity contribution in [2.24, 2.45) is 11.1 Å².